The van der Waals surface area contributed by atoms with E-state index in [4.69, 9.17) is 11.6 Å². The molecule has 0 spiro atoms. The molecule has 4 heteroatoms. The van der Waals surface area contributed by atoms with Crippen LogP contribution in [0.15, 0.2) is 30.3 Å². The van der Waals surface area contributed by atoms with Crippen molar-refractivity contribution in [3.8, 4) is 11.4 Å². The lowest BCUT2D eigenvalue weighted by Crippen LogP contribution is -2.05. The van der Waals surface area contributed by atoms with Crippen LogP contribution in [0.25, 0.3) is 11.4 Å². The normalized spacial score (nSPS) is 10.6. The van der Waals surface area contributed by atoms with Crippen LogP contribution in [0, 0.1) is 0 Å². The van der Waals surface area contributed by atoms with Crippen LogP contribution in [0.2, 0.25) is 5.02 Å². The smallest absolute Gasteiger partial charge is 0.161 e. The van der Waals surface area contributed by atoms with Gasteiger partial charge in [-0.1, -0.05) is 31.9 Å². The maximum absolute atomic E-state index is 5.93. The van der Waals surface area contributed by atoms with Gasteiger partial charge in [0.1, 0.15) is 5.82 Å². The quantitative estimate of drug-likeness (QED) is 0.846. The molecule has 0 bridgehead atoms. The molecule has 3 nitrogen and oxygen atoms in total. The highest BCUT2D eigenvalue weighted by Crippen LogP contribution is 2.20. The summed E-state index contributed by atoms with van der Waals surface area (Å²) in [5.74, 6) is 1.65. The van der Waals surface area contributed by atoms with Gasteiger partial charge in [-0.2, -0.15) is 0 Å². The standard InChI is InChI=1S/C16H20ClN3/c1-3-5-14-11-15(18-10-4-2)20-16(19-14)12-6-8-13(17)9-7-12/h6-9,11H,3-5,10H2,1-2H3,(H,18,19,20). The first kappa shape index (κ1) is 14.8. The molecule has 2 rings (SSSR count). The van der Waals surface area contributed by atoms with Crippen LogP contribution >= 0.6 is 11.6 Å². The van der Waals surface area contributed by atoms with E-state index in [1.54, 1.807) is 0 Å². The molecule has 0 radical (unpaired) electrons. The van der Waals surface area contributed by atoms with Crippen LogP contribution in [0.4, 0.5) is 5.82 Å². The van der Waals surface area contributed by atoms with Crippen LogP contribution in [0.1, 0.15) is 32.4 Å². The number of aryl methyl sites for hydroxylation is 1. The number of anilines is 1. The summed E-state index contributed by atoms with van der Waals surface area (Å²) in [7, 11) is 0. The number of hydrogen-bond donors (Lipinski definition) is 1. The van der Waals surface area contributed by atoms with Crippen LogP contribution in [0.3, 0.4) is 0 Å². The lowest BCUT2D eigenvalue weighted by molar-refractivity contribution is 0.872. The maximum Gasteiger partial charge on any atom is 0.161 e. The average Bonchev–Trinajstić information content (AvgIpc) is 2.46. The van der Waals surface area contributed by atoms with Crippen molar-refractivity contribution in [3.05, 3.63) is 41.0 Å². The summed E-state index contributed by atoms with van der Waals surface area (Å²) in [5.41, 5.74) is 2.07. The SMILES string of the molecule is CCCNc1cc(CCC)nc(-c2ccc(Cl)cc2)n1. The molecule has 20 heavy (non-hydrogen) atoms. The second kappa shape index (κ2) is 7.25. The Balaban J connectivity index is 2.34. The van der Waals surface area contributed by atoms with E-state index < -0.39 is 0 Å². The Kier molecular flexibility index (Phi) is 5.36. The Morgan fingerprint density at radius 2 is 1.80 bits per heavy atom. The lowest BCUT2D eigenvalue weighted by atomic mass is 10.2. The summed E-state index contributed by atoms with van der Waals surface area (Å²) in [5, 5.41) is 4.06. The maximum atomic E-state index is 5.93. The second-order valence-electron chi connectivity index (χ2n) is 4.75. The Morgan fingerprint density at radius 1 is 1.05 bits per heavy atom. The van der Waals surface area contributed by atoms with Crippen molar-refractivity contribution < 1.29 is 0 Å². The third-order valence-electron chi connectivity index (χ3n) is 2.94. The predicted octanol–water partition coefficient (Wildman–Crippen LogP) is 4.57. The molecular weight excluding hydrogens is 270 g/mol. The van der Waals surface area contributed by atoms with E-state index in [2.05, 4.69) is 29.1 Å². The van der Waals surface area contributed by atoms with Crippen LogP contribution in [0.5, 0.6) is 0 Å². The van der Waals surface area contributed by atoms with Crippen molar-refractivity contribution in [1.29, 1.82) is 0 Å². The van der Waals surface area contributed by atoms with E-state index in [0.717, 1.165) is 53.7 Å². The molecule has 2 aromatic rings. The minimum Gasteiger partial charge on any atom is -0.370 e. The number of nitrogens with one attached hydrogen (secondary N) is 1. The van der Waals surface area contributed by atoms with Gasteiger partial charge in [-0.05, 0) is 37.1 Å². The summed E-state index contributed by atoms with van der Waals surface area (Å²) in [6.07, 6.45) is 3.11. The van der Waals surface area contributed by atoms with Gasteiger partial charge in [0.2, 0.25) is 0 Å². The highest BCUT2D eigenvalue weighted by atomic mass is 35.5. The molecule has 0 amide bonds. The van der Waals surface area contributed by atoms with Gasteiger partial charge in [0.15, 0.2) is 5.82 Å². The number of rotatable bonds is 6. The molecule has 0 atom stereocenters. The largest absolute Gasteiger partial charge is 0.370 e. The van der Waals surface area contributed by atoms with Gasteiger partial charge in [-0.15, -0.1) is 0 Å². The summed E-state index contributed by atoms with van der Waals surface area (Å²) in [6.45, 7) is 5.22. The number of halogens is 1. The topological polar surface area (TPSA) is 37.8 Å². The molecule has 0 saturated carbocycles. The fraction of sp³-hybridized carbons (Fsp3) is 0.375. The average molecular weight is 290 g/mol. The molecule has 0 fully saturated rings. The summed E-state index contributed by atoms with van der Waals surface area (Å²) < 4.78 is 0. The molecule has 0 aliphatic rings. The molecule has 0 unspecified atom stereocenters. The molecule has 0 saturated heterocycles. The van der Waals surface area contributed by atoms with Gasteiger partial charge in [-0.3, -0.25) is 0 Å². The van der Waals surface area contributed by atoms with Gasteiger partial charge in [0, 0.05) is 28.9 Å². The van der Waals surface area contributed by atoms with Crippen molar-refractivity contribution in [2.75, 3.05) is 11.9 Å². The fourth-order valence-electron chi connectivity index (χ4n) is 1.95. The fourth-order valence-corrected chi connectivity index (χ4v) is 2.08. The minimum absolute atomic E-state index is 0.725. The monoisotopic (exact) mass is 289 g/mol. The summed E-state index contributed by atoms with van der Waals surface area (Å²) in [4.78, 5) is 9.22. The van der Waals surface area contributed by atoms with Gasteiger partial charge in [-0.25, -0.2) is 9.97 Å². The van der Waals surface area contributed by atoms with E-state index >= 15 is 0 Å². The Morgan fingerprint density at radius 3 is 2.45 bits per heavy atom. The van der Waals surface area contributed by atoms with E-state index in [-0.39, 0.29) is 0 Å². The first-order valence-corrected chi connectivity index (χ1v) is 7.48. The van der Waals surface area contributed by atoms with E-state index in [0.29, 0.717) is 0 Å². The molecule has 1 aromatic heterocycles. The minimum atomic E-state index is 0.725. The van der Waals surface area contributed by atoms with E-state index in [9.17, 15) is 0 Å². The van der Waals surface area contributed by atoms with Crippen molar-refractivity contribution >= 4 is 17.4 Å². The highest BCUT2D eigenvalue weighted by molar-refractivity contribution is 6.30. The third-order valence-corrected chi connectivity index (χ3v) is 3.20. The molecule has 1 aromatic carbocycles. The summed E-state index contributed by atoms with van der Waals surface area (Å²) in [6, 6.07) is 9.68. The first-order valence-electron chi connectivity index (χ1n) is 7.10. The Labute approximate surface area is 125 Å². The number of benzene rings is 1. The number of aromatic nitrogens is 2. The molecule has 0 aliphatic carbocycles. The first-order chi connectivity index (χ1) is 9.72. The van der Waals surface area contributed by atoms with Crippen LogP contribution < -0.4 is 5.32 Å². The van der Waals surface area contributed by atoms with Gasteiger partial charge in [0.25, 0.3) is 0 Å². The van der Waals surface area contributed by atoms with Crippen molar-refractivity contribution in [1.82, 2.24) is 9.97 Å². The predicted molar refractivity (Wildman–Crippen MR) is 85.3 cm³/mol. The molecule has 1 N–H and O–H groups in total. The second-order valence-corrected chi connectivity index (χ2v) is 5.19. The zero-order valence-corrected chi connectivity index (χ0v) is 12.7. The van der Waals surface area contributed by atoms with Crippen LogP contribution in [-0.4, -0.2) is 16.5 Å². The molecule has 0 aliphatic heterocycles. The van der Waals surface area contributed by atoms with Gasteiger partial charge >= 0.3 is 0 Å². The summed E-state index contributed by atoms with van der Waals surface area (Å²) >= 11 is 5.93. The zero-order valence-electron chi connectivity index (χ0n) is 12.0. The van der Waals surface area contributed by atoms with Crippen molar-refractivity contribution in [3.63, 3.8) is 0 Å². The Hall–Kier alpha value is -1.61. The van der Waals surface area contributed by atoms with Crippen molar-refractivity contribution in [2.45, 2.75) is 33.1 Å². The lowest BCUT2D eigenvalue weighted by Gasteiger charge is -2.09. The number of hydrogen-bond acceptors (Lipinski definition) is 3. The van der Waals surface area contributed by atoms with Crippen molar-refractivity contribution in [2.24, 2.45) is 0 Å². The van der Waals surface area contributed by atoms with E-state index in [1.165, 1.54) is 0 Å². The zero-order chi connectivity index (χ0) is 14.4. The molecular formula is C16H20ClN3. The molecule has 1 heterocycles. The highest BCUT2D eigenvalue weighted by Gasteiger charge is 2.06. The van der Waals surface area contributed by atoms with Crippen LogP contribution in [-0.2, 0) is 6.42 Å². The molecule has 106 valence electrons. The van der Waals surface area contributed by atoms with Gasteiger partial charge in [0.05, 0.1) is 0 Å². The Bertz CT molecular complexity index is 552. The van der Waals surface area contributed by atoms with Gasteiger partial charge < -0.3 is 5.32 Å². The van der Waals surface area contributed by atoms with E-state index in [1.807, 2.05) is 30.3 Å². The third kappa shape index (κ3) is 3.94. The number of nitrogens with zero attached hydrogens (tertiary/aromatic N) is 2.